The molecule has 0 radical (unpaired) electrons. The summed E-state index contributed by atoms with van der Waals surface area (Å²) in [6.07, 6.45) is 1.61. The highest BCUT2D eigenvalue weighted by Crippen LogP contribution is 2.40. The maximum absolute atomic E-state index is 13.0. The SMILES string of the molecule is CCC1c2ccsc2CCN1S(=O)(=O)c1cc(C)c(Br)s1. The number of rotatable bonds is 3. The van der Waals surface area contributed by atoms with Gasteiger partial charge in [-0.05, 0) is 64.3 Å². The lowest BCUT2D eigenvalue weighted by Crippen LogP contribution is -2.38. The van der Waals surface area contributed by atoms with Gasteiger partial charge in [-0.3, -0.25) is 0 Å². The first-order valence-corrected chi connectivity index (χ1v) is 10.7. The molecule has 21 heavy (non-hydrogen) atoms. The number of fused-ring (bicyclic) bond motifs is 1. The predicted molar refractivity (Wildman–Crippen MR) is 91.7 cm³/mol. The average Bonchev–Trinajstić information content (AvgIpc) is 3.05. The second kappa shape index (κ2) is 5.77. The summed E-state index contributed by atoms with van der Waals surface area (Å²) in [5.41, 5.74) is 2.16. The number of nitrogens with zero attached hydrogens (tertiary/aromatic N) is 1. The Hall–Kier alpha value is -0.210. The van der Waals surface area contributed by atoms with E-state index in [1.807, 2.05) is 6.92 Å². The van der Waals surface area contributed by atoms with Gasteiger partial charge in [-0.2, -0.15) is 4.31 Å². The Labute approximate surface area is 141 Å². The highest BCUT2D eigenvalue weighted by Gasteiger charge is 2.36. The minimum absolute atomic E-state index is 0.0359. The van der Waals surface area contributed by atoms with Crippen LogP contribution in [0.3, 0.4) is 0 Å². The number of halogens is 1. The Bertz CT molecular complexity index is 744. The quantitative estimate of drug-likeness (QED) is 0.748. The van der Waals surface area contributed by atoms with E-state index in [2.05, 4.69) is 34.3 Å². The Morgan fingerprint density at radius 3 is 2.86 bits per heavy atom. The van der Waals surface area contributed by atoms with Crippen molar-refractivity contribution in [3.05, 3.63) is 37.3 Å². The van der Waals surface area contributed by atoms with Crippen molar-refractivity contribution in [2.24, 2.45) is 0 Å². The maximum atomic E-state index is 13.0. The Kier molecular flexibility index (Phi) is 4.31. The van der Waals surface area contributed by atoms with Crippen molar-refractivity contribution in [3.8, 4) is 0 Å². The minimum atomic E-state index is -3.42. The fraction of sp³-hybridized carbons (Fsp3) is 0.429. The third kappa shape index (κ3) is 2.63. The third-order valence-electron chi connectivity index (χ3n) is 3.83. The lowest BCUT2D eigenvalue weighted by molar-refractivity contribution is 0.304. The first-order valence-electron chi connectivity index (χ1n) is 6.79. The second-order valence-electron chi connectivity index (χ2n) is 5.11. The lowest BCUT2D eigenvalue weighted by Gasteiger charge is -2.33. The molecule has 7 heteroatoms. The number of sulfonamides is 1. The molecule has 1 aliphatic rings. The van der Waals surface area contributed by atoms with Crippen molar-refractivity contribution < 1.29 is 8.42 Å². The van der Waals surface area contributed by atoms with Crippen molar-refractivity contribution in [2.45, 2.75) is 36.9 Å². The second-order valence-corrected chi connectivity index (χ2v) is 10.6. The fourth-order valence-electron chi connectivity index (χ4n) is 2.76. The summed E-state index contributed by atoms with van der Waals surface area (Å²) in [7, 11) is -3.42. The summed E-state index contributed by atoms with van der Waals surface area (Å²) in [5.74, 6) is 0. The van der Waals surface area contributed by atoms with Gasteiger partial charge >= 0.3 is 0 Å². The molecule has 0 fully saturated rings. The molecule has 0 saturated heterocycles. The van der Waals surface area contributed by atoms with E-state index in [-0.39, 0.29) is 6.04 Å². The lowest BCUT2D eigenvalue weighted by atomic mass is 10.0. The number of hydrogen-bond acceptors (Lipinski definition) is 4. The van der Waals surface area contributed by atoms with Crippen molar-refractivity contribution >= 4 is 48.6 Å². The number of aryl methyl sites for hydroxylation is 1. The normalized spacial score (nSPS) is 19.7. The molecule has 3 nitrogen and oxygen atoms in total. The van der Waals surface area contributed by atoms with Crippen molar-refractivity contribution in [1.82, 2.24) is 4.31 Å². The monoisotopic (exact) mass is 405 g/mol. The van der Waals surface area contributed by atoms with E-state index in [9.17, 15) is 8.42 Å². The maximum Gasteiger partial charge on any atom is 0.253 e. The Balaban J connectivity index is 2.03. The highest BCUT2D eigenvalue weighted by molar-refractivity contribution is 9.11. The van der Waals surface area contributed by atoms with Gasteiger partial charge in [-0.1, -0.05) is 6.92 Å². The van der Waals surface area contributed by atoms with Crippen molar-refractivity contribution in [2.75, 3.05) is 6.54 Å². The van der Waals surface area contributed by atoms with Crippen LogP contribution in [0.5, 0.6) is 0 Å². The van der Waals surface area contributed by atoms with Crippen LogP contribution in [0.1, 0.15) is 35.4 Å². The van der Waals surface area contributed by atoms with Gasteiger partial charge in [-0.15, -0.1) is 22.7 Å². The number of thiophene rings is 2. The summed E-state index contributed by atoms with van der Waals surface area (Å²) >= 11 is 6.46. The Morgan fingerprint density at radius 2 is 2.24 bits per heavy atom. The number of hydrogen-bond donors (Lipinski definition) is 0. The van der Waals surface area contributed by atoms with Gasteiger partial charge in [0.2, 0.25) is 0 Å². The van der Waals surface area contributed by atoms with Crippen LogP contribution in [-0.4, -0.2) is 19.3 Å². The van der Waals surface area contributed by atoms with E-state index in [1.165, 1.54) is 21.8 Å². The topological polar surface area (TPSA) is 37.4 Å². The first kappa shape index (κ1) is 15.7. The summed E-state index contributed by atoms with van der Waals surface area (Å²) in [6.45, 7) is 4.54. The van der Waals surface area contributed by atoms with E-state index in [1.54, 1.807) is 21.7 Å². The van der Waals surface area contributed by atoms with Crippen LogP contribution in [0.15, 0.2) is 25.5 Å². The van der Waals surface area contributed by atoms with E-state index in [0.717, 1.165) is 22.2 Å². The van der Waals surface area contributed by atoms with Crippen LogP contribution in [0, 0.1) is 6.92 Å². The predicted octanol–water partition coefficient (Wildman–Crippen LogP) is 4.58. The molecule has 1 aliphatic heterocycles. The molecule has 1 unspecified atom stereocenters. The molecule has 2 aromatic heterocycles. The summed E-state index contributed by atoms with van der Waals surface area (Å²) in [4.78, 5) is 1.33. The van der Waals surface area contributed by atoms with E-state index < -0.39 is 10.0 Å². The van der Waals surface area contributed by atoms with E-state index >= 15 is 0 Å². The molecule has 0 aromatic carbocycles. The van der Waals surface area contributed by atoms with Gasteiger partial charge in [0.05, 0.1) is 9.83 Å². The molecule has 3 heterocycles. The smallest absolute Gasteiger partial charge is 0.206 e. The molecule has 114 valence electrons. The first-order chi connectivity index (χ1) is 9.95. The standard InChI is InChI=1S/C14H16BrNO2S3/c1-3-11-10-5-7-19-12(10)4-6-16(11)21(17,18)13-8-9(2)14(15)20-13/h5,7-8,11H,3-4,6H2,1-2H3. The van der Waals surface area contributed by atoms with Gasteiger partial charge in [0, 0.05) is 11.4 Å². The van der Waals surface area contributed by atoms with Crippen LogP contribution in [-0.2, 0) is 16.4 Å². The van der Waals surface area contributed by atoms with Crippen LogP contribution >= 0.6 is 38.6 Å². The molecule has 0 N–H and O–H groups in total. The van der Waals surface area contributed by atoms with Gasteiger partial charge in [0.25, 0.3) is 10.0 Å². The van der Waals surface area contributed by atoms with E-state index in [4.69, 9.17) is 0 Å². The molecule has 3 rings (SSSR count). The van der Waals surface area contributed by atoms with Crippen LogP contribution in [0.4, 0.5) is 0 Å². The van der Waals surface area contributed by atoms with Crippen LogP contribution in [0.2, 0.25) is 0 Å². The molecular weight excluding hydrogens is 390 g/mol. The molecule has 0 amide bonds. The molecule has 2 aromatic rings. The molecule has 0 bridgehead atoms. The van der Waals surface area contributed by atoms with Gasteiger partial charge in [0.15, 0.2) is 0 Å². The summed E-state index contributed by atoms with van der Waals surface area (Å²) in [6, 6.07) is 3.80. The molecule has 0 aliphatic carbocycles. The zero-order valence-corrected chi connectivity index (χ0v) is 15.8. The zero-order valence-electron chi connectivity index (χ0n) is 11.8. The molecule has 0 saturated carbocycles. The van der Waals surface area contributed by atoms with Gasteiger partial charge < -0.3 is 0 Å². The van der Waals surface area contributed by atoms with Crippen molar-refractivity contribution in [1.29, 1.82) is 0 Å². The largest absolute Gasteiger partial charge is 0.253 e. The highest BCUT2D eigenvalue weighted by atomic mass is 79.9. The van der Waals surface area contributed by atoms with Crippen LogP contribution < -0.4 is 0 Å². The summed E-state index contributed by atoms with van der Waals surface area (Å²) < 4.78 is 29.0. The Morgan fingerprint density at radius 1 is 1.48 bits per heavy atom. The van der Waals surface area contributed by atoms with Crippen molar-refractivity contribution in [3.63, 3.8) is 0 Å². The zero-order chi connectivity index (χ0) is 15.2. The van der Waals surface area contributed by atoms with Crippen LogP contribution in [0.25, 0.3) is 0 Å². The third-order valence-corrected chi connectivity index (χ3v) is 9.32. The molecule has 1 atom stereocenters. The average molecular weight is 406 g/mol. The minimum Gasteiger partial charge on any atom is -0.206 e. The van der Waals surface area contributed by atoms with Gasteiger partial charge in [0.1, 0.15) is 4.21 Å². The fourth-order valence-corrected chi connectivity index (χ4v) is 7.72. The van der Waals surface area contributed by atoms with Gasteiger partial charge in [-0.25, -0.2) is 8.42 Å². The van der Waals surface area contributed by atoms with E-state index in [0.29, 0.717) is 10.8 Å². The summed E-state index contributed by atoms with van der Waals surface area (Å²) in [5, 5.41) is 2.06. The molecular formula is C14H16BrNO2S3. The molecule has 0 spiro atoms.